The molecule has 0 spiro atoms. The molecule has 12 nitrogen and oxygen atoms in total. The van der Waals surface area contributed by atoms with Crippen molar-refractivity contribution in [2.24, 2.45) is 0 Å². The first kappa shape index (κ1) is 28.5. The Morgan fingerprint density at radius 2 is 1.63 bits per heavy atom. The molecule has 0 aromatic carbocycles. The predicted molar refractivity (Wildman–Crippen MR) is 132 cm³/mol. The van der Waals surface area contributed by atoms with Crippen LogP contribution in [-0.2, 0) is 20.6 Å². The number of amides is 2. The zero-order chi connectivity index (χ0) is 26.8. The van der Waals surface area contributed by atoms with Crippen molar-refractivity contribution in [3.63, 3.8) is 0 Å². The third-order valence-electron chi connectivity index (χ3n) is 4.32. The van der Waals surface area contributed by atoms with Gasteiger partial charge in [0.2, 0.25) is 11.8 Å². The van der Waals surface area contributed by atoms with Gasteiger partial charge in [0.15, 0.2) is 11.2 Å². The molecule has 0 fully saturated rings. The van der Waals surface area contributed by atoms with Gasteiger partial charge < -0.3 is 28.4 Å². The zero-order valence-electron chi connectivity index (χ0n) is 21.9. The van der Waals surface area contributed by atoms with Crippen LogP contribution in [-0.4, -0.2) is 80.7 Å². The van der Waals surface area contributed by atoms with Crippen LogP contribution in [0, 0.1) is 0 Å². The topological polar surface area (TPSA) is 146 Å². The summed E-state index contributed by atoms with van der Waals surface area (Å²) < 4.78 is 29.8. The Morgan fingerprint density at radius 3 is 2.09 bits per heavy atom. The first-order valence-electron chi connectivity index (χ1n) is 11.2. The van der Waals surface area contributed by atoms with Gasteiger partial charge in [0.25, 0.3) is 0 Å². The van der Waals surface area contributed by atoms with E-state index in [1.54, 1.807) is 59.4 Å². The molecule has 2 heterocycles. The predicted octanol–water partition coefficient (Wildman–Crippen LogP) is 3.89. The summed E-state index contributed by atoms with van der Waals surface area (Å²) in [7, 11) is -1.02. The summed E-state index contributed by atoms with van der Waals surface area (Å²) in [6.45, 7) is 13.5. The normalized spacial score (nSPS) is 13.4. The fourth-order valence-corrected chi connectivity index (χ4v) is 4.25. The van der Waals surface area contributed by atoms with Crippen molar-refractivity contribution in [3.8, 4) is 5.88 Å². The van der Waals surface area contributed by atoms with E-state index in [9.17, 15) is 19.3 Å². The van der Waals surface area contributed by atoms with E-state index in [2.05, 4.69) is 15.0 Å². The molecule has 0 saturated heterocycles. The van der Waals surface area contributed by atoms with Crippen LogP contribution in [0.1, 0.15) is 48.0 Å². The van der Waals surface area contributed by atoms with Gasteiger partial charge in [-0.15, -0.1) is 4.90 Å². The molecule has 0 aliphatic heterocycles. The van der Waals surface area contributed by atoms with Gasteiger partial charge in [-0.1, -0.05) is 0 Å². The molecule has 0 saturated carbocycles. The maximum absolute atomic E-state index is 13.0. The number of carbonyl (C=O) groups is 2. The van der Waals surface area contributed by atoms with Gasteiger partial charge in [0.05, 0.1) is 26.7 Å². The molecule has 0 aliphatic rings. The molecule has 0 radical (unpaired) electrons. The average molecular weight is 514 g/mol. The maximum atomic E-state index is 13.0. The first-order valence-corrected chi connectivity index (χ1v) is 13.9. The quantitative estimate of drug-likeness (QED) is 0.541. The number of ether oxygens (including phenoxy) is 3. The molecule has 0 aliphatic carbocycles. The Morgan fingerprint density at radius 1 is 1.09 bits per heavy atom. The summed E-state index contributed by atoms with van der Waals surface area (Å²) in [5.41, 5.74) is -1.23. The smallest absolute Gasteiger partial charge is 0.427 e. The summed E-state index contributed by atoms with van der Waals surface area (Å²) in [4.78, 5) is 39.5. The van der Waals surface area contributed by atoms with Crippen molar-refractivity contribution in [3.05, 3.63) is 6.33 Å². The molecule has 1 N–H and O–H groups in total. The van der Waals surface area contributed by atoms with E-state index in [1.165, 1.54) is 13.4 Å². The molecule has 0 unspecified atom stereocenters. The van der Waals surface area contributed by atoms with Gasteiger partial charge in [0.1, 0.15) is 11.2 Å². The van der Waals surface area contributed by atoms with Gasteiger partial charge in [-0.05, 0) is 61.3 Å². The second-order valence-corrected chi connectivity index (χ2v) is 14.2. The van der Waals surface area contributed by atoms with Crippen molar-refractivity contribution in [2.75, 3.05) is 31.5 Å². The number of aliphatic hydroxyl groups is 1. The van der Waals surface area contributed by atoms with E-state index >= 15 is 0 Å². The highest BCUT2D eigenvalue weighted by Crippen LogP contribution is 2.37. The average Bonchev–Trinajstić information content (AvgIpc) is 3.04. The molecule has 0 bridgehead atoms. The summed E-state index contributed by atoms with van der Waals surface area (Å²) >= 11 is 0. The van der Waals surface area contributed by atoms with Crippen molar-refractivity contribution in [2.45, 2.75) is 71.8 Å². The highest BCUT2D eigenvalue weighted by atomic mass is 31.2. The molecule has 196 valence electrons. The van der Waals surface area contributed by atoms with Crippen molar-refractivity contribution in [1.29, 1.82) is 0 Å². The van der Waals surface area contributed by atoms with Crippen molar-refractivity contribution in [1.82, 2.24) is 19.5 Å². The number of hydrogen-bond acceptors (Lipinski definition) is 10. The Balaban J connectivity index is 2.52. The van der Waals surface area contributed by atoms with Crippen LogP contribution in [0.5, 0.6) is 5.88 Å². The van der Waals surface area contributed by atoms with Crippen LogP contribution in [0.4, 0.5) is 15.5 Å². The summed E-state index contributed by atoms with van der Waals surface area (Å²) in [5, 5.41) is 10.3. The molecule has 35 heavy (non-hydrogen) atoms. The number of aryl methyl sites for hydroxylation is 1. The molecule has 2 rings (SSSR count). The van der Waals surface area contributed by atoms with Crippen LogP contribution >= 0.6 is 7.14 Å². The van der Waals surface area contributed by atoms with Gasteiger partial charge >= 0.3 is 12.2 Å². The first-order chi connectivity index (χ1) is 15.9. The molecule has 2 aromatic rings. The number of nitrogens with zero attached hydrogens (tertiary/aromatic N) is 5. The maximum Gasteiger partial charge on any atom is 0.427 e. The lowest BCUT2D eigenvalue weighted by atomic mass is 10.2. The highest BCUT2D eigenvalue weighted by Gasteiger charge is 2.35. The number of hydrogen-bond donors (Lipinski definition) is 1. The third kappa shape index (κ3) is 8.47. The summed E-state index contributed by atoms with van der Waals surface area (Å²) in [5.74, 6) is -0.278. The second-order valence-electron chi connectivity index (χ2n) is 10.6. The van der Waals surface area contributed by atoms with Crippen molar-refractivity contribution >= 4 is 36.4 Å². The van der Waals surface area contributed by atoms with Crippen LogP contribution in [0.25, 0.3) is 11.2 Å². The molecule has 2 amide bonds. The summed E-state index contributed by atoms with van der Waals surface area (Å²) in [6.07, 6.45) is -0.847. The third-order valence-corrected chi connectivity index (χ3v) is 5.62. The standard InChI is InChI=1S/C22H36N5O7P/c1-21(2,3)33-19(29)27(20(30)34-22(4,5)6)18-24-16-15(17(25-18)32-7)23-13-26(16)11-10-14(28)12-35(8,9)31/h13-14,28H,10-12H2,1-9H3/t14-/m1/s1. The van der Waals surface area contributed by atoms with E-state index in [-0.39, 0.29) is 30.2 Å². The SMILES string of the molecule is COc1nc(N(C(=O)OC(C)(C)C)C(=O)OC(C)(C)C)nc2c1ncn2CC[C@@H](O)CP(C)(C)=O. The fraction of sp³-hybridized carbons (Fsp3) is 0.682. The number of methoxy groups -OCH3 is 1. The zero-order valence-corrected chi connectivity index (χ0v) is 22.8. The minimum absolute atomic E-state index is 0.0352. The number of aromatic nitrogens is 4. The summed E-state index contributed by atoms with van der Waals surface area (Å²) in [6, 6.07) is 0. The minimum atomic E-state index is -2.40. The number of rotatable bonds is 7. The minimum Gasteiger partial charge on any atom is -0.479 e. The number of aliphatic hydroxyl groups excluding tert-OH is 1. The van der Waals surface area contributed by atoms with Crippen LogP contribution in [0.2, 0.25) is 0 Å². The molecule has 13 heteroatoms. The lowest BCUT2D eigenvalue weighted by molar-refractivity contribution is 0.0427. The van der Waals surface area contributed by atoms with E-state index < -0.39 is 36.6 Å². The van der Waals surface area contributed by atoms with Crippen LogP contribution in [0.15, 0.2) is 6.33 Å². The Bertz CT molecular complexity index is 1090. The van der Waals surface area contributed by atoms with Crippen LogP contribution < -0.4 is 9.64 Å². The molecule has 2 aromatic heterocycles. The van der Waals surface area contributed by atoms with Gasteiger partial charge in [-0.25, -0.2) is 14.6 Å². The number of imide groups is 1. The van der Waals surface area contributed by atoms with Gasteiger partial charge in [0, 0.05) is 12.7 Å². The number of imidazole rings is 1. The molecular weight excluding hydrogens is 477 g/mol. The van der Waals surface area contributed by atoms with E-state index in [4.69, 9.17) is 14.2 Å². The van der Waals surface area contributed by atoms with Gasteiger partial charge in [-0.2, -0.15) is 9.97 Å². The molecule has 1 atom stereocenters. The van der Waals surface area contributed by atoms with Gasteiger partial charge in [-0.3, -0.25) is 0 Å². The number of fused-ring (bicyclic) bond motifs is 1. The largest absolute Gasteiger partial charge is 0.479 e. The van der Waals surface area contributed by atoms with E-state index in [0.29, 0.717) is 16.8 Å². The number of carbonyl (C=O) groups excluding carboxylic acids is 2. The highest BCUT2D eigenvalue weighted by molar-refractivity contribution is 7.62. The lowest BCUT2D eigenvalue weighted by Crippen LogP contribution is -2.44. The second kappa shape index (κ2) is 10.5. The van der Waals surface area contributed by atoms with Crippen LogP contribution in [0.3, 0.4) is 0 Å². The number of anilines is 1. The Labute approximate surface area is 205 Å². The molecular formula is C22H36N5O7P. The van der Waals surface area contributed by atoms with E-state index in [1.807, 2.05) is 0 Å². The fourth-order valence-electron chi connectivity index (χ4n) is 3.05. The Hall–Kier alpha value is -2.72. The van der Waals surface area contributed by atoms with Crippen molar-refractivity contribution < 1.29 is 33.5 Å². The lowest BCUT2D eigenvalue weighted by Gasteiger charge is -2.27. The van der Waals surface area contributed by atoms with E-state index in [0.717, 1.165) is 0 Å². The Kier molecular flexibility index (Phi) is 8.55. The monoisotopic (exact) mass is 513 g/mol.